The first kappa shape index (κ1) is 6.88. The van der Waals surface area contributed by atoms with Gasteiger partial charge in [0, 0.05) is 5.57 Å². The zero-order valence-corrected chi connectivity index (χ0v) is 4.34. The molecule has 0 heterocycles. The van der Waals surface area contributed by atoms with Gasteiger partial charge in [-0.2, -0.15) is 0 Å². The van der Waals surface area contributed by atoms with Crippen LogP contribution in [0.4, 0.5) is 0 Å². The van der Waals surface area contributed by atoms with E-state index in [4.69, 9.17) is 5.11 Å². The maximum atomic E-state index is 9.84. The smallest absolute Gasteiger partial charge is 0.331 e. The predicted molar refractivity (Wildman–Crippen MR) is 27.1 cm³/mol. The number of carboxylic acids is 1. The molecule has 3 heteroatoms. The number of carboxylic acid groups (broad SMARTS) is 1. The highest BCUT2D eigenvalue weighted by Crippen LogP contribution is 1.87. The lowest BCUT2D eigenvalue weighted by Gasteiger charge is -1.83. The molecule has 0 aliphatic heterocycles. The Morgan fingerprint density at radius 3 is 2.38 bits per heavy atom. The van der Waals surface area contributed by atoms with Crippen molar-refractivity contribution in [1.82, 2.24) is 0 Å². The Morgan fingerprint density at radius 2 is 2.25 bits per heavy atom. The van der Waals surface area contributed by atoms with Crippen molar-refractivity contribution in [3.05, 3.63) is 11.6 Å². The molecule has 0 saturated carbocycles. The number of rotatable bonds is 2. The molecule has 8 heavy (non-hydrogen) atoms. The molecule has 0 unspecified atom stereocenters. The second-order valence-corrected chi connectivity index (χ2v) is 1.25. The predicted octanol–water partition coefficient (Wildman–Crippen LogP) is 0.127. The van der Waals surface area contributed by atoms with Crippen LogP contribution in [0.15, 0.2) is 11.6 Å². The van der Waals surface area contributed by atoms with Gasteiger partial charge in [-0.3, -0.25) is 4.79 Å². The summed E-state index contributed by atoms with van der Waals surface area (Å²) in [5, 5.41) is 8.07. The third kappa shape index (κ3) is 2.12. The van der Waals surface area contributed by atoms with Crippen molar-refractivity contribution in [2.75, 3.05) is 0 Å². The zero-order chi connectivity index (χ0) is 6.57. The average molecular weight is 113 g/mol. The highest BCUT2D eigenvalue weighted by Gasteiger charge is 1.95. The molecule has 1 N–H and O–H groups in total. The Bertz CT molecular complexity index is 135. The number of hydrogen-bond acceptors (Lipinski definition) is 2. The Hall–Kier alpha value is -1.12. The number of carbonyl (C=O) groups is 1. The van der Waals surface area contributed by atoms with E-state index < -0.39 is 5.97 Å². The first-order valence-electron chi connectivity index (χ1n) is 1.96. The quantitative estimate of drug-likeness (QED) is 0.518. The summed E-state index contributed by atoms with van der Waals surface area (Å²) in [4.78, 5) is 19.3. The molecule has 0 rings (SSSR count). The van der Waals surface area contributed by atoms with Gasteiger partial charge in [0.2, 0.25) is 6.29 Å². The van der Waals surface area contributed by atoms with Crippen LogP contribution in [-0.4, -0.2) is 17.4 Å². The average Bonchev–Trinajstić information content (AvgIpc) is 1.67. The van der Waals surface area contributed by atoms with Gasteiger partial charge >= 0.3 is 5.97 Å². The molecule has 0 aromatic carbocycles. The number of hydrogen-bond donors (Lipinski definition) is 1. The molecule has 3 nitrogen and oxygen atoms in total. The van der Waals surface area contributed by atoms with Gasteiger partial charge in [-0.05, 0) is 13.0 Å². The van der Waals surface area contributed by atoms with Crippen molar-refractivity contribution < 1.29 is 14.7 Å². The monoisotopic (exact) mass is 113 g/mol. The van der Waals surface area contributed by atoms with Gasteiger partial charge < -0.3 is 5.11 Å². The minimum Gasteiger partial charge on any atom is -0.478 e. The van der Waals surface area contributed by atoms with Gasteiger partial charge in [0.15, 0.2) is 0 Å². The summed E-state index contributed by atoms with van der Waals surface area (Å²) < 4.78 is 0. The molecule has 0 amide bonds. The van der Waals surface area contributed by atoms with E-state index in [9.17, 15) is 9.59 Å². The largest absolute Gasteiger partial charge is 0.478 e. The molecule has 0 bridgehead atoms. The van der Waals surface area contributed by atoms with E-state index in [1.54, 1.807) is 0 Å². The van der Waals surface area contributed by atoms with E-state index in [1.807, 2.05) is 0 Å². The van der Waals surface area contributed by atoms with Gasteiger partial charge in [0.1, 0.15) is 0 Å². The summed E-state index contributed by atoms with van der Waals surface area (Å²) in [6.45, 7) is 1.33. The Kier molecular flexibility index (Phi) is 2.54. The minimum absolute atomic E-state index is 0.000000000000000222. The van der Waals surface area contributed by atoms with Crippen LogP contribution in [0, 0.1) is 0 Å². The molecule has 0 aliphatic rings. The highest BCUT2D eigenvalue weighted by atomic mass is 16.4. The summed E-state index contributed by atoms with van der Waals surface area (Å²) >= 11 is 0. The second kappa shape index (κ2) is 2.96. The van der Waals surface area contributed by atoms with Crippen molar-refractivity contribution in [1.29, 1.82) is 0 Å². The third-order valence-electron chi connectivity index (χ3n) is 0.613. The van der Waals surface area contributed by atoms with Gasteiger partial charge in [0.25, 0.3) is 0 Å². The molecule has 0 spiro atoms. The van der Waals surface area contributed by atoms with Crippen LogP contribution in [0.5, 0.6) is 0 Å². The molecular formula is C5H5O3. The topological polar surface area (TPSA) is 54.4 Å². The van der Waals surface area contributed by atoms with Crippen LogP contribution >= 0.6 is 0 Å². The molecule has 0 fully saturated rings. The summed E-state index contributed by atoms with van der Waals surface area (Å²) in [6.07, 6.45) is 2.23. The lowest BCUT2D eigenvalue weighted by atomic mass is 10.3. The molecule has 0 aromatic heterocycles. The van der Waals surface area contributed by atoms with E-state index in [2.05, 4.69) is 0 Å². The van der Waals surface area contributed by atoms with Gasteiger partial charge in [-0.25, -0.2) is 4.79 Å². The number of carbonyl (C=O) groups excluding carboxylic acids is 1. The lowest BCUT2D eigenvalue weighted by molar-refractivity contribution is -0.132. The number of aliphatic carboxylic acids is 1. The highest BCUT2D eigenvalue weighted by molar-refractivity contribution is 5.90. The molecule has 0 saturated heterocycles. The summed E-state index contributed by atoms with van der Waals surface area (Å²) in [6, 6.07) is 0. The van der Waals surface area contributed by atoms with E-state index >= 15 is 0 Å². The maximum Gasteiger partial charge on any atom is 0.331 e. The molecule has 1 radical (unpaired) electrons. The van der Waals surface area contributed by atoms with Crippen LogP contribution in [0.2, 0.25) is 0 Å². The molecule has 0 aliphatic carbocycles. The van der Waals surface area contributed by atoms with E-state index in [1.165, 1.54) is 13.2 Å². The van der Waals surface area contributed by atoms with E-state index in [-0.39, 0.29) is 5.57 Å². The minimum atomic E-state index is -1.09. The molecule has 43 valence electrons. The Balaban J connectivity index is 3.99. The van der Waals surface area contributed by atoms with Crippen molar-refractivity contribution in [2.24, 2.45) is 0 Å². The van der Waals surface area contributed by atoms with Crippen molar-refractivity contribution in [3.63, 3.8) is 0 Å². The normalized spacial score (nSPS) is 10.9. The Labute approximate surface area is 46.6 Å². The molecule has 0 aromatic rings. The molecule has 0 atom stereocenters. The standard InChI is InChI=1S/C5H5O3/c1-4(2-3-6)5(7)8/h2H,1H3,(H,7,8)/b4-2-. The third-order valence-corrected chi connectivity index (χ3v) is 0.613. The summed E-state index contributed by atoms with van der Waals surface area (Å²) in [7, 11) is 0. The van der Waals surface area contributed by atoms with Crippen LogP contribution in [0.25, 0.3) is 0 Å². The van der Waals surface area contributed by atoms with Crippen molar-refractivity contribution in [2.45, 2.75) is 6.92 Å². The summed E-state index contributed by atoms with van der Waals surface area (Å²) in [5.74, 6) is -1.09. The van der Waals surface area contributed by atoms with Crippen LogP contribution in [0.1, 0.15) is 6.92 Å². The number of allylic oxidation sites excluding steroid dienone is 1. The fourth-order valence-corrected chi connectivity index (χ4v) is 0.150. The van der Waals surface area contributed by atoms with Gasteiger partial charge in [0.05, 0.1) is 0 Å². The first-order valence-corrected chi connectivity index (χ1v) is 1.96. The fraction of sp³-hybridized carbons (Fsp3) is 0.200. The lowest BCUT2D eigenvalue weighted by Crippen LogP contribution is -1.95. The maximum absolute atomic E-state index is 9.84. The van der Waals surface area contributed by atoms with Crippen LogP contribution in [-0.2, 0) is 9.59 Å². The van der Waals surface area contributed by atoms with E-state index in [0.717, 1.165) is 6.08 Å². The molecular weight excluding hydrogens is 108 g/mol. The second-order valence-electron chi connectivity index (χ2n) is 1.25. The fourth-order valence-electron chi connectivity index (χ4n) is 0.150. The van der Waals surface area contributed by atoms with Crippen LogP contribution in [0.3, 0.4) is 0 Å². The van der Waals surface area contributed by atoms with Gasteiger partial charge in [-0.15, -0.1) is 0 Å². The van der Waals surface area contributed by atoms with E-state index in [0.29, 0.717) is 0 Å². The van der Waals surface area contributed by atoms with Crippen molar-refractivity contribution in [3.8, 4) is 0 Å². The van der Waals surface area contributed by atoms with Crippen molar-refractivity contribution >= 4 is 12.3 Å². The van der Waals surface area contributed by atoms with Gasteiger partial charge in [-0.1, -0.05) is 0 Å². The SMILES string of the molecule is C/C(=C/[C]=O)C(=O)O. The summed E-state index contributed by atoms with van der Waals surface area (Å²) in [5.41, 5.74) is 0.000000000000000222. The zero-order valence-electron chi connectivity index (χ0n) is 4.34. The first-order chi connectivity index (χ1) is 3.68. The van der Waals surface area contributed by atoms with Crippen LogP contribution < -0.4 is 0 Å². The Morgan fingerprint density at radius 1 is 1.75 bits per heavy atom.